The lowest BCUT2D eigenvalue weighted by Crippen LogP contribution is -2.12. The van der Waals surface area contributed by atoms with Gasteiger partial charge in [0.15, 0.2) is 16.3 Å². The van der Waals surface area contributed by atoms with E-state index in [0.717, 1.165) is 21.7 Å². The lowest BCUT2D eigenvalue weighted by Gasteiger charge is -1.98. The highest BCUT2D eigenvalue weighted by atomic mass is 32.1. The van der Waals surface area contributed by atoms with Crippen molar-refractivity contribution in [1.82, 2.24) is 4.57 Å². The number of aryl methyl sites for hydroxylation is 1. The number of fused-ring (bicyclic) bond motifs is 2. The van der Waals surface area contributed by atoms with Gasteiger partial charge >= 0.3 is 0 Å². The molecule has 1 amide bonds. The Labute approximate surface area is 127 Å². The Morgan fingerprint density at radius 1 is 1.33 bits per heavy atom. The van der Waals surface area contributed by atoms with Crippen LogP contribution >= 0.6 is 22.7 Å². The molecule has 1 aromatic carbocycles. The molecule has 1 aliphatic rings. The van der Waals surface area contributed by atoms with Crippen molar-refractivity contribution in [1.29, 1.82) is 0 Å². The van der Waals surface area contributed by atoms with Gasteiger partial charge in [-0.15, -0.1) is 11.3 Å². The van der Waals surface area contributed by atoms with Crippen LogP contribution in [0.25, 0.3) is 10.2 Å². The van der Waals surface area contributed by atoms with Crippen molar-refractivity contribution >= 4 is 38.8 Å². The Bertz CT molecular complexity index is 906. The average molecular weight is 318 g/mol. The van der Waals surface area contributed by atoms with Crippen molar-refractivity contribution in [3.8, 4) is 11.5 Å². The number of benzene rings is 1. The summed E-state index contributed by atoms with van der Waals surface area (Å²) in [5.41, 5.74) is 0.974. The average Bonchev–Trinajstić information content (AvgIpc) is 3.19. The van der Waals surface area contributed by atoms with Crippen molar-refractivity contribution in [2.24, 2.45) is 12.0 Å². The zero-order valence-electron chi connectivity index (χ0n) is 11.0. The first-order valence-electron chi connectivity index (χ1n) is 6.24. The van der Waals surface area contributed by atoms with E-state index in [-0.39, 0.29) is 12.7 Å². The number of aromatic nitrogens is 1. The molecule has 7 heteroatoms. The molecule has 106 valence electrons. The molecule has 0 saturated heterocycles. The van der Waals surface area contributed by atoms with E-state index in [9.17, 15) is 4.79 Å². The molecule has 0 N–H and O–H groups in total. The lowest BCUT2D eigenvalue weighted by molar-refractivity contribution is 0.100. The SMILES string of the molecule is Cn1c(=NC(=O)c2cccs2)sc2cc3c(cc21)OCO3. The summed E-state index contributed by atoms with van der Waals surface area (Å²) in [7, 11) is 1.89. The number of carbonyl (C=O) groups is 1. The monoisotopic (exact) mass is 318 g/mol. The molecule has 5 nitrogen and oxygen atoms in total. The summed E-state index contributed by atoms with van der Waals surface area (Å²) in [4.78, 5) is 17.6. The number of carbonyl (C=O) groups excluding carboxylic acids is 1. The van der Waals surface area contributed by atoms with Crippen LogP contribution in [0.5, 0.6) is 11.5 Å². The second-order valence-electron chi connectivity index (χ2n) is 4.51. The highest BCUT2D eigenvalue weighted by Gasteiger charge is 2.17. The number of hydrogen-bond donors (Lipinski definition) is 0. The summed E-state index contributed by atoms with van der Waals surface area (Å²) in [6.07, 6.45) is 0. The number of amides is 1. The van der Waals surface area contributed by atoms with E-state index in [4.69, 9.17) is 9.47 Å². The standard InChI is InChI=1S/C14H10N2O3S2/c1-16-8-5-9-10(19-7-18-9)6-12(8)21-14(16)15-13(17)11-3-2-4-20-11/h2-6H,7H2,1H3. The van der Waals surface area contributed by atoms with E-state index in [2.05, 4.69) is 4.99 Å². The molecule has 21 heavy (non-hydrogen) atoms. The number of ether oxygens (including phenoxy) is 2. The van der Waals surface area contributed by atoms with Crippen LogP contribution in [0.3, 0.4) is 0 Å². The Morgan fingerprint density at radius 2 is 2.14 bits per heavy atom. The van der Waals surface area contributed by atoms with Crippen molar-refractivity contribution < 1.29 is 14.3 Å². The smallest absolute Gasteiger partial charge is 0.289 e. The van der Waals surface area contributed by atoms with Gasteiger partial charge in [0.05, 0.1) is 15.1 Å². The Balaban J connectivity index is 1.87. The van der Waals surface area contributed by atoms with Crippen LogP contribution in [-0.2, 0) is 7.05 Å². The maximum atomic E-state index is 12.1. The molecule has 3 aromatic rings. The molecule has 2 aromatic heterocycles. The van der Waals surface area contributed by atoms with Crippen LogP contribution in [0.15, 0.2) is 34.6 Å². The molecule has 0 saturated carbocycles. The summed E-state index contributed by atoms with van der Waals surface area (Å²) in [5.74, 6) is 1.25. The first-order chi connectivity index (χ1) is 10.2. The third-order valence-electron chi connectivity index (χ3n) is 3.23. The summed E-state index contributed by atoms with van der Waals surface area (Å²) in [6.45, 7) is 0.254. The third kappa shape index (κ3) is 2.05. The molecule has 3 heterocycles. The molecule has 0 fully saturated rings. The molecule has 0 spiro atoms. The van der Waals surface area contributed by atoms with Crippen LogP contribution in [0.1, 0.15) is 9.67 Å². The zero-order chi connectivity index (χ0) is 14.4. The topological polar surface area (TPSA) is 52.8 Å². The predicted octanol–water partition coefficient (Wildman–Crippen LogP) is 2.77. The van der Waals surface area contributed by atoms with E-state index >= 15 is 0 Å². The second kappa shape index (κ2) is 4.71. The molecule has 1 aliphatic heterocycles. The van der Waals surface area contributed by atoms with E-state index in [1.54, 1.807) is 6.07 Å². The van der Waals surface area contributed by atoms with Gasteiger partial charge in [0.1, 0.15) is 0 Å². The van der Waals surface area contributed by atoms with Crippen molar-refractivity contribution in [2.45, 2.75) is 0 Å². The van der Waals surface area contributed by atoms with Gasteiger partial charge in [-0.3, -0.25) is 4.79 Å². The van der Waals surface area contributed by atoms with Gasteiger partial charge in [-0.25, -0.2) is 0 Å². The third-order valence-corrected chi connectivity index (χ3v) is 5.19. The van der Waals surface area contributed by atoms with E-state index < -0.39 is 0 Å². The van der Waals surface area contributed by atoms with Gasteiger partial charge < -0.3 is 14.0 Å². The summed E-state index contributed by atoms with van der Waals surface area (Å²) >= 11 is 2.85. The number of thiazole rings is 1. The number of thiophene rings is 1. The zero-order valence-corrected chi connectivity index (χ0v) is 12.7. The van der Waals surface area contributed by atoms with Gasteiger partial charge in [0, 0.05) is 19.2 Å². The van der Waals surface area contributed by atoms with Gasteiger partial charge in [0.2, 0.25) is 6.79 Å². The number of hydrogen-bond acceptors (Lipinski definition) is 5. The van der Waals surface area contributed by atoms with Crippen LogP contribution in [0.4, 0.5) is 0 Å². The first-order valence-corrected chi connectivity index (χ1v) is 7.94. The molecular formula is C14H10N2O3S2. The quantitative estimate of drug-likeness (QED) is 0.693. The minimum Gasteiger partial charge on any atom is -0.454 e. The van der Waals surface area contributed by atoms with Crippen molar-refractivity contribution in [3.63, 3.8) is 0 Å². The fourth-order valence-electron chi connectivity index (χ4n) is 2.17. The van der Waals surface area contributed by atoms with Crippen LogP contribution < -0.4 is 14.3 Å². The highest BCUT2D eigenvalue weighted by molar-refractivity contribution is 7.16. The number of nitrogens with zero attached hydrogens (tertiary/aromatic N) is 2. The van der Waals surface area contributed by atoms with Crippen LogP contribution in [-0.4, -0.2) is 17.3 Å². The molecule has 0 radical (unpaired) electrons. The fourth-order valence-corrected chi connectivity index (χ4v) is 3.80. The van der Waals surface area contributed by atoms with E-state index in [0.29, 0.717) is 9.68 Å². The molecule has 0 bridgehead atoms. The van der Waals surface area contributed by atoms with E-state index in [1.165, 1.54) is 22.7 Å². The first kappa shape index (κ1) is 12.6. The normalized spacial score (nSPS) is 14.0. The van der Waals surface area contributed by atoms with Crippen LogP contribution in [0, 0.1) is 0 Å². The largest absolute Gasteiger partial charge is 0.454 e. The summed E-state index contributed by atoms with van der Waals surface area (Å²) in [5, 5.41) is 1.87. The van der Waals surface area contributed by atoms with Gasteiger partial charge in [0.25, 0.3) is 5.91 Å². The van der Waals surface area contributed by atoms with Crippen LogP contribution in [0.2, 0.25) is 0 Å². The van der Waals surface area contributed by atoms with E-state index in [1.807, 2.05) is 35.2 Å². The predicted molar refractivity (Wildman–Crippen MR) is 81.1 cm³/mol. The van der Waals surface area contributed by atoms with Gasteiger partial charge in [-0.1, -0.05) is 17.4 Å². The molecule has 0 atom stereocenters. The molecular weight excluding hydrogens is 308 g/mol. The molecule has 0 aliphatic carbocycles. The molecule has 4 rings (SSSR count). The summed E-state index contributed by atoms with van der Waals surface area (Å²) < 4.78 is 13.7. The Kier molecular flexibility index (Phi) is 2.83. The maximum absolute atomic E-state index is 12.1. The fraction of sp³-hybridized carbons (Fsp3) is 0.143. The minimum atomic E-state index is -0.216. The minimum absolute atomic E-state index is 0.216. The van der Waals surface area contributed by atoms with Crippen molar-refractivity contribution in [3.05, 3.63) is 39.3 Å². The lowest BCUT2D eigenvalue weighted by atomic mass is 10.3. The highest BCUT2D eigenvalue weighted by Crippen LogP contribution is 2.36. The molecule has 0 unspecified atom stereocenters. The Hall–Kier alpha value is -2.12. The second-order valence-corrected chi connectivity index (χ2v) is 6.47. The van der Waals surface area contributed by atoms with Crippen molar-refractivity contribution in [2.75, 3.05) is 6.79 Å². The summed E-state index contributed by atoms with van der Waals surface area (Å²) in [6, 6.07) is 7.47. The van der Waals surface area contributed by atoms with Gasteiger partial charge in [-0.05, 0) is 11.4 Å². The number of rotatable bonds is 1. The maximum Gasteiger partial charge on any atom is 0.289 e. The van der Waals surface area contributed by atoms with Gasteiger partial charge in [-0.2, -0.15) is 4.99 Å². The Morgan fingerprint density at radius 3 is 2.90 bits per heavy atom.